The number of hydrogen-bond acceptors (Lipinski definition) is 5. The van der Waals surface area contributed by atoms with Crippen LogP contribution in [0.5, 0.6) is 5.75 Å². The Morgan fingerprint density at radius 1 is 1.23 bits per heavy atom. The van der Waals surface area contributed by atoms with Crippen LogP contribution in [0.1, 0.15) is 28.8 Å². The molecule has 0 saturated heterocycles. The predicted molar refractivity (Wildman–Crippen MR) is 94.3 cm³/mol. The summed E-state index contributed by atoms with van der Waals surface area (Å²) in [6.07, 6.45) is 2.51. The van der Waals surface area contributed by atoms with E-state index in [2.05, 4.69) is 17.4 Å². The van der Waals surface area contributed by atoms with E-state index in [0.717, 1.165) is 18.9 Å². The molecule has 0 aliphatic heterocycles. The summed E-state index contributed by atoms with van der Waals surface area (Å²) in [5, 5.41) is 13.6. The number of benzene rings is 2. The van der Waals surface area contributed by atoms with Gasteiger partial charge < -0.3 is 10.1 Å². The van der Waals surface area contributed by atoms with Crippen LogP contribution in [0.25, 0.3) is 0 Å². The Balaban J connectivity index is 1.55. The van der Waals surface area contributed by atoms with E-state index in [1.54, 1.807) is 0 Å². The third-order valence-electron chi connectivity index (χ3n) is 4.55. The monoisotopic (exact) mass is 354 g/mol. The molecule has 134 valence electrons. The van der Waals surface area contributed by atoms with Crippen molar-refractivity contribution < 1.29 is 19.2 Å². The van der Waals surface area contributed by atoms with Crippen molar-refractivity contribution in [1.82, 2.24) is 5.32 Å². The number of nitro groups is 1. The Bertz CT molecular complexity index is 831. The molecule has 1 saturated carbocycles. The smallest absolute Gasteiger partial charge is 0.270 e. The SMILES string of the molecule is O=Cc1cc([N+](=O)[O-])ccc1OCC(=O)NCC1(c2ccccc2)CC1. The molecule has 1 aliphatic carbocycles. The average molecular weight is 354 g/mol. The lowest BCUT2D eigenvalue weighted by atomic mass is 9.96. The summed E-state index contributed by atoms with van der Waals surface area (Å²) in [6, 6.07) is 13.7. The van der Waals surface area contributed by atoms with Crippen LogP contribution >= 0.6 is 0 Å². The van der Waals surface area contributed by atoms with Crippen molar-refractivity contribution in [2.75, 3.05) is 13.2 Å². The fourth-order valence-electron chi connectivity index (χ4n) is 2.85. The predicted octanol–water partition coefficient (Wildman–Crippen LogP) is 2.63. The summed E-state index contributed by atoms with van der Waals surface area (Å²) in [7, 11) is 0. The highest BCUT2D eigenvalue weighted by atomic mass is 16.6. The number of nitrogens with zero attached hydrogens (tertiary/aromatic N) is 1. The van der Waals surface area contributed by atoms with Gasteiger partial charge in [-0.25, -0.2) is 0 Å². The van der Waals surface area contributed by atoms with E-state index in [-0.39, 0.29) is 34.9 Å². The first-order valence-corrected chi connectivity index (χ1v) is 8.23. The van der Waals surface area contributed by atoms with Crippen LogP contribution in [0.3, 0.4) is 0 Å². The molecule has 0 aromatic heterocycles. The van der Waals surface area contributed by atoms with Gasteiger partial charge in [0.1, 0.15) is 5.75 Å². The second-order valence-electron chi connectivity index (χ2n) is 6.31. The minimum Gasteiger partial charge on any atom is -0.483 e. The van der Waals surface area contributed by atoms with Crippen LogP contribution in [0.2, 0.25) is 0 Å². The Labute approximate surface area is 150 Å². The first-order chi connectivity index (χ1) is 12.5. The van der Waals surface area contributed by atoms with E-state index >= 15 is 0 Å². The van der Waals surface area contributed by atoms with Gasteiger partial charge in [0.15, 0.2) is 12.9 Å². The van der Waals surface area contributed by atoms with Gasteiger partial charge in [0.2, 0.25) is 0 Å². The van der Waals surface area contributed by atoms with Crippen LogP contribution in [0, 0.1) is 10.1 Å². The van der Waals surface area contributed by atoms with Crippen LogP contribution in [-0.4, -0.2) is 30.3 Å². The van der Waals surface area contributed by atoms with Gasteiger partial charge in [-0.05, 0) is 24.5 Å². The molecule has 0 spiro atoms. The van der Waals surface area contributed by atoms with E-state index in [0.29, 0.717) is 12.8 Å². The minimum atomic E-state index is -0.595. The second-order valence-corrected chi connectivity index (χ2v) is 6.31. The Hall–Kier alpha value is -3.22. The Morgan fingerprint density at radius 3 is 2.58 bits per heavy atom. The summed E-state index contributed by atoms with van der Waals surface area (Å²) in [6.45, 7) is 0.267. The third kappa shape index (κ3) is 3.88. The van der Waals surface area contributed by atoms with Gasteiger partial charge in [0.05, 0.1) is 10.5 Å². The number of carbonyl (C=O) groups excluding carboxylic acids is 2. The maximum absolute atomic E-state index is 12.1. The first-order valence-electron chi connectivity index (χ1n) is 8.23. The summed E-state index contributed by atoms with van der Waals surface area (Å²) in [5.41, 5.74) is 1.04. The van der Waals surface area contributed by atoms with Gasteiger partial charge in [0.25, 0.3) is 11.6 Å². The number of ether oxygens (including phenoxy) is 1. The molecule has 1 aliphatic rings. The molecular weight excluding hydrogens is 336 g/mol. The number of aldehydes is 1. The largest absolute Gasteiger partial charge is 0.483 e. The quantitative estimate of drug-likeness (QED) is 0.446. The molecule has 0 radical (unpaired) electrons. The summed E-state index contributed by atoms with van der Waals surface area (Å²) >= 11 is 0. The highest BCUT2D eigenvalue weighted by Crippen LogP contribution is 2.47. The van der Waals surface area contributed by atoms with Gasteiger partial charge in [-0.1, -0.05) is 30.3 Å². The van der Waals surface area contributed by atoms with Crippen molar-refractivity contribution in [3.8, 4) is 5.75 Å². The van der Waals surface area contributed by atoms with Crippen LogP contribution < -0.4 is 10.1 Å². The van der Waals surface area contributed by atoms with Gasteiger partial charge in [-0.15, -0.1) is 0 Å². The highest BCUT2D eigenvalue weighted by Gasteiger charge is 2.44. The normalized spacial score (nSPS) is 14.3. The first kappa shape index (κ1) is 17.6. The molecule has 1 N–H and O–H groups in total. The minimum absolute atomic E-state index is 0.00175. The molecule has 7 heteroatoms. The molecule has 2 aromatic carbocycles. The topological polar surface area (TPSA) is 98.5 Å². The van der Waals surface area contributed by atoms with Crippen molar-refractivity contribution in [1.29, 1.82) is 0 Å². The van der Waals surface area contributed by atoms with E-state index < -0.39 is 4.92 Å². The molecule has 26 heavy (non-hydrogen) atoms. The lowest BCUT2D eigenvalue weighted by molar-refractivity contribution is -0.384. The van der Waals surface area contributed by atoms with Crippen molar-refractivity contribution in [2.45, 2.75) is 18.3 Å². The second kappa shape index (κ2) is 7.35. The highest BCUT2D eigenvalue weighted by molar-refractivity contribution is 5.82. The molecule has 0 bridgehead atoms. The summed E-state index contributed by atoms with van der Waals surface area (Å²) in [4.78, 5) is 33.3. The van der Waals surface area contributed by atoms with Crippen LogP contribution in [-0.2, 0) is 10.2 Å². The van der Waals surface area contributed by atoms with Crippen LogP contribution in [0.4, 0.5) is 5.69 Å². The molecule has 0 heterocycles. The fourth-order valence-corrected chi connectivity index (χ4v) is 2.85. The average Bonchev–Trinajstić information content (AvgIpc) is 3.46. The molecule has 2 aromatic rings. The lowest BCUT2D eigenvalue weighted by Gasteiger charge is -2.17. The fraction of sp³-hybridized carbons (Fsp3) is 0.263. The van der Waals surface area contributed by atoms with Gasteiger partial charge >= 0.3 is 0 Å². The molecule has 1 fully saturated rings. The molecular formula is C19H18N2O5. The summed E-state index contributed by atoms with van der Waals surface area (Å²) in [5.74, 6) is -0.160. The molecule has 3 rings (SSSR count). The number of amides is 1. The standard InChI is InChI=1S/C19H18N2O5/c22-11-14-10-16(21(24)25)6-7-17(14)26-12-18(23)20-13-19(8-9-19)15-4-2-1-3-5-15/h1-7,10-11H,8-9,12-13H2,(H,20,23). The zero-order valence-corrected chi connectivity index (χ0v) is 14.0. The van der Waals surface area contributed by atoms with Gasteiger partial charge in [-0.3, -0.25) is 19.7 Å². The third-order valence-corrected chi connectivity index (χ3v) is 4.55. The van der Waals surface area contributed by atoms with E-state index in [4.69, 9.17) is 4.74 Å². The lowest BCUT2D eigenvalue weighted by Crippen LogP contribution is -2.35. The Morgan fingerprint density at radius 2 is 1.96 bits per heavy atom. The summed E-state index contributed by atoms with van der Waals surface area (Å²) < 4.78 is 5.35. The molecule has 1 amide bonds. The van der Waals surface area contributed by atoms with E-state index in [1.165, 1.54) is 17.7 Å². The number of hydrogen-bond donors (Lipinski definition) is 1. The van der Waals surface area contributed by atoms with E-state index in [9.17, 15) is 19.7 Å². The number of carbonyl (C=O) groups is 2. The maximum atomic E-state index is 12.1. The number of non-ortho nitro benzene ring substituents is 1. The van der Waals surface area contributed by atoms with Crippen molar-refractivity contribution in [2.24, 2.45) is 0 Å². The van der Waals surface area contributed by atoms with Crippen LogP contribution in [0.15, 0.2) is 48.5 Å². The number of rotatable bonds is 8. The van der Waals surface area contributed by atoms with Crippen molar-refractivity contribution >= 4 is 17.9 Å². The molecule has 0 atom stereocenters. The molecule has 7 nitrogen and oxygen atoms in total. The van der Waals surface area contributed by atoms with Crippen molar-refractivity contribution in [3.63, 3.8) is 0 Å². The number of nitrogens with one attached hydrogen (secondary N) is 1. The van der Waals surface area contributed by atoms with E-state index in [1.807, 2.05) is 18.2 Å². The van der Waals surface area contributed by atoms with Crippen molar-refractivity contribution in [3.05, 3.63) is 69.8 Å². The zero-order chi connectivity index (χ0) is 18.6. The Kier molecular flexibility index (Phi) is 4.97. The number of nitro benzene ring substituents is 1. The molecule has 0 unspecified atom stereocenters. The zero-order valence-electron chi connectivity index (χ0n) is 14.0. The van der Waals surface area contributed by atoms with Gasteiger partial charge in [0, 0.05) is 24.1 Å². The van der Waals surface area contributed by atoms with Gasteiger partial charge in [-0.2, -0.15) is 0 Å². The maximum Gasteiger partial charge on any atom is 0.270 e.